The second-order valence-corrected chi connectivity index (χ2v) is 6.31. The highest BCUT2D eigenvalue weighted by atomic mass is 35.5. The van der Waals surface area contributed by atoms with Gasteiger partial charge in [-0.3, -0.25) is 4.79 Å². The number of rotatable bonds is 4. The van der Waals surface area contributed by atoms with E-state index in [-0.39, 0.29) is 24.2 Å². The number of amides is 1. The Morgan fingerprint density at radius 2 is 1.79 bits per heavy atom. The molecular formula is C20H25ClN2O. The predicted molar refractivity (Wildman–Crippen MR) is 101 cm³/mol. The quantitative estimate of drug-likeness (QED) is 0.888. The first-order valence-electron chi connectivity index (χ1n) is 8.37. The summed E-state index contributed by atoms with van der Waals surface area (Å²) < 4.78 is 0. The van der Waals surface area contributed by atoms with Gasteiger partial charge in [-0.05, 0) is 49.5 Å². The summed E-state index contributed by atoms with van der Waals surface area (Å²) in [5.41, 5.74) is 4.85. The molecule has 24 heavy (non-hydrogen) atoms. The van der Waals surface area contributed by atoms with Gasteiger partial charge in [0.2, 0.25) is 5.91 Å². The topological polar surface area (TPSA) is 41.1 Å². The Hall–Kier alpha value is -1.84. The highest BCUT2D eigenvalue weighted by Gasteiger charge is 2.20. The maximum atomic E-state index is 12.2. The molecule has 128 valence electrons. The van der Waals surface area contributed by atoms with Gasteiger partial charge in [0.05, 0.1) is 0 Å². The number of piperidine rings is 1. The molecule has 4 heteroatoms. The van der Waals surface area contributed by atoms with Gasteiger partial charge in [0.15, 0.2) is 0 Å². The predicted octanol–water partition coefficient (Wildman–Crippen LogP) is 3.70. The van der Waals surface area contributed by atoms with Crippen LogP contribution in [-0.2, 0) is 11.3 Å². The lowest BCUT2D eigenvalue weighted by atomic mass is 9.97. The molecule has 1 heterocycles. The molecule has 1 fully saturated rings. The molecule has 1 aliphatic heterocycles. The number of hydrogen-bond acceptors (Lipinski definition) is 2. The van der Waals surface area contributed by atoms with E-state index in [1.54, 1.807) is 0 Å². The van der Waals surface area contributed by atoms with Gasteiger partial charge in [-0.2, -0.15) is 0 Å². The largest absolute Gasteiger partial charge is 0.352 e. The van der Waals surface area contributed by atoms with Gasteiger partial charge >= 0.3 is 0 Å². The van der Waals surface area contributed by atoms with E-state index < -0.39 is 0 Å². The molecular weight excluding hydrogens is 320 g/mol. The Kier molecular flexibility index (Phi) is 6.83. The van der Waals surface area contributed by atoms with Gasteiger partial charge in [-0.25, -0.2) is 0 Å². The molecule has 0 aliphatic carbocycles. The van der Waals surface area contributed by atoms with Crippen LogP contribution in [0.25, 0.3) is 11.1 Å². The van der Waals surface area contributed by atoms with E-state index in [2.05, 4.69) is 66.1 Å². The van der Waals surface area contributed by atoms with E-state index in [4.69, 9.17) is 0 Å². The molecule has 0 atom stereocenters. The maximum absolute atomic E-state index is 12.2. The maximum Gasteiger partial charge on any atom is 0.223 e. The monoisotopic (exact) mass is 344 g/mol. The van der Waals surface area contributed by atoms with E-state index in [1.807, 2.05) is 0 Å². The number of aryl methyl sites for hydroxylation is 1. The molecule has 0 saturated carbocycles. The molecule has 2 N–H and O–H groups in total. The Bertz CT molecular complexity index is 664. The first kappa shape index (κ1) is 18.5. The van der Waals surface area contributed by atoms with Crippen LogP contribution in [0.15, 0.2) is 48.5 Å². The molecule has 0 unspecified atom stereocenters. The summed E-state index contributed by atoms with van der Waals surface area (Å²) in [6, 6.07) is 16.9. The van der Waals surface area contributed by atoms with Crippen molar-refractivity contribution in [1.29, 1.82) is 0 Å². The molecule has 1 saturated heterocycles. The summed E-state index contributed by atoms with van der Waals surface area (Å²) in [4.78, 5) is 12.2. The fourth-order valence-corrected chi connectivity index (χ4v) is 3.06. The Balaban J connectivity index is 0.00000208. The van der Waals surface area contributed by atoms with Crippen LogP contribution in [-0.4, -0.2) is 19.0 Å². The summed E-state index contributed by atoms with van der Waals surface area (Å²) >= 11 is 0. The number of nitrogens with one attached hydrogen (secondary N) is 2. The fourth-order valence-electron chi connectivity index (χ4n) is 3.06. The SMILES string of the molecule is Cc1cccc(-c2ccc(CNC(=O)C3CCNCC3)cc2)c1.Cl. The summed E-state index contributed by atoms with van der Waals surface area (Å²) in [6.45, 7) is 4.61. The molecule has 2 aromatic rings. The lowest BCUT2D eigenvalue weighted by molar-refractivity contribution is -0.125. The average molecular weight is 345 g/mol. The van der Waals surface area contributed by atoms with E-state index >= 15 is 0 Å². The minimum Gasteiger partial charge on any atom is -0.352 e. The molecule has 0 aromatic heterocycles. The van der Waals surface area contributed by atoms with Gasteiger partial charge in [-0.15, -0.1) is 12.4 Å². The third-order valence-corrected chi connectivity index (χ3v) is 4.48. The van der Waals surface area contributed by atoms with Crippen LogP contribution in [0.3, 0.4) is 0 Å². The summed E-state index contributed by atoms with van der Waals surface area (Å²) in [6.07, 6.45) is 1.89. The summed E-state index contributed by atoms with van der Waals surface area (Å²) in [7, 11) is 0. The second kappa shape index (κ2) is 8.86. The normalized spacial score (nSPS) is 14.7. The van der Waals surface area contributed by atoms with E-state index in [0.29, 0.717) is 6.54 Å². The second-order valence-electron chi connectivity index (χ2n) is 6.31. The van der Waals surface area contributed by atoms with Crippen molar-refractivity contribution in [2.75, 3.05) is 13.1 Å². The number of carbonyl (C=O) groups is 1. The Morgan fingerprint density at radius 1 is 1.08 bits per heavy atom. The van der Waals surface area contributed by atoms with Gasteiger partial charge in [0.1, 0.15) is 0 Å². The minimum absolute atomic E-state index is 0. The van der Waals surface area contributed by atoms with Crippen LogP contribution >= 0.6 is 12.4 Å². The van der Waals surface area contributed by atoms with Gasteiger partial charge in [0.25, 0.3) is 0 Å². The highest BCUT2D eigenvalue weighted by Crippen LogP contribution is 2.21. The molecule has 0 bridgehead atoms. The summed E-state index contributed by atoms with van der Waals surface area (Å²) in [5, 5.41) is 6.36. The molecule has 0 spiro atoms. The zero-order valence-corrected chi connectivity index (χ0v) is 14.9. The highest BCUT2D eigenvalue weighted by molar-refractivity contribution is 5.85. The van der Waals surface area contributed by atoms with E-state index in [0.717, 1.165) is 31.5 Å². The van der Waals surface area contributed by atoms with Gasteiger partial charge in [-0.1, -0.05) is 54.1 Å². The molecule has 1 aliphatic rings. The number of benzene rings is 2. The molecule has 1 amide bonds. The standard InChI is InChI=1S/C20H24N2O.ClH/c1-15-3-2-4-19(13-15)17-7-5-16(6-8-17)14-22-20(23)18-9-11-21-12-10-18;/h2-8,13,18,21H,9-12,14H2,1H3,(H,22,23);1H. The number of hydrogen-bond donors (Lipinski definition) is 2. The first-order valence-corrected chi connectivity index (χ1v) is 8.37. The molecule has 3 rings (SSSR count). The van der Waals surface area contributed by atoms with Crippen LogP contribution in [0.1, 0.15) is 24.0 Å². The molecule has 2 aromatic carbocycles. The zero-order valence-electron chi connectivity index (χ0n) is 14.0. The Morgan fingerprint density at radius 3 is 2.46 bits per heavy atom. The van der Waals surface area contributed by atoms with Crippen LogP contribution in [0, 0.1) is 12.8 Å². The lowest BCUT2D eigenvalue weighted by Crippen LogP contribution is -2.37. The Labute approximate surface area is 150 Å². The van der Waals surface area contributed by atoms with Crippen LogP contribution < -0.4 is 10.6 Å². The first-order chi connectivity index (χ1) is 11.2. The van der Waals surface area contributed by atoms with Crippen molar-refractivity contribution in [2.45, 2.75) is 26.3 Å². The lowest BCUT2D eigenvalue weighted by Gasteiger charge is -2.21. The molecule has 0 radical (unpaired) electrons. The summed E-state index contributed by atoms with van der Waals surface area (Å²) in [5.74, 6) is 0.358. The van der Waals surface area contributed by atoms with Crippen LogP contribution in [0.5, 0.6) is 0 Å². The van der Waals surface area contributed by atoms with Gasteiger partial charge < -0.3 is 10.6 Å². The third-order valence-electron chi connectivity index (χ3n) is 4.48. The average Bonchev–Trinajstić information content (AvgIpc) is 2.61. The van der Waals surface area contributed by atoms with Crippen LogP contribution in [0.2, 0.25) is 0 Å². The molecule has 3 nitrogen and oxygen atoms in total. The number of halogens is 1. The van der Waals surface area contributed by atoms with Crippen molar-refractivity contribution < 1.29 is 4.79 Å². The third kappa shape index (κ3) is 4.83. The van der Waals surface area contributed by atoms with Gasteiger partial charge in [0, 0.05) is 12.5 Å². The van der Waals surface area contributed by atoms with Crippen molar-refractivity contribution >= 4 is 18.3 Å². The van der Waals surface area contributed by atoms with E-state index in [9.17, 15) is 4.79 Å². The van der Waals surface area contributed by atoms with Crippen molar-refractivity contribution in [3.63, 3.8) is 0 Å². The minimum atomic E-state index is 0. The van der Waals surface area contributed by atoms with E-state index in [1.165, 1.54) is 16.7 Å². The van der Waals surface area contributed by atoms with Crippen LogP contribution in [0.4, 0.5) is 0 Å². The van der Waals surface area contributed by atoms with Crippen molar-refractivity contribution in [2.24, 2.45) is 5.92 Å². The van der Waals surface area contributed by atoms with Crippen molar-refractivity contribution in [1.82, 2.24) is 10.6 Å². The fraction of sp³-hybridized carbons (Fsp3) is 0.350. The van der Waals surface area contributed by atoms with Crippen molar-refractivity contribution in [3.05, 3.63) is 59.7 Å². The van der Waals surface area contributed by atoms with Crippen molar-refractivity contribution in [3.8, 4) is 11.1 Å². The smallest absolute Gasteiger partial charge is 0.223 e. The zero-order chi connectivity index (χ0) is 16.1. The number of carbonyl (C=O) groups excluding carboxylic acids is 1.